The standard InChI is InChI=1S/C50H106N6O6P2S2/c1-21-49(22-2,23-3)51-31-29-47(57)65-36-35-59-37-62-64(54(41(11)12)42(13)14)56(44(17)18)46(20)28-27-45(19)55(43(15)16)63(53(39(7)8)40(9)10)61-34-33-60-38-66-48(58)30-32-52-50(24-4,25-5)26-6/h39-46,51-52H,21-38H2,1-20H3. The minimum Gasteiger partial charge on any atom is -0.368 e. The number of nitrogens with one attached hydrogen (secondary N) is 2. The molecule has 0 amide bonds. The summed E-state index contributed by atoms with van der Waals surface area (Å²) in [5, 5.41) is 7.65. The van der Waals surface area contributed by atoms with E-state index < -0.39 is 16.9 Å². The molecule has 66 heavy (non-hydrogen) atoms. The molecule has 0 aliphatic heterocycles. The van der Waals surface area contributed by atoms with Crippen LogP contribution in [0.2, 0.25) is 0 Å². The summed E-state index contributed by atoms with van der Waals surface area (Å²) in [4.78, 5) is 25.4. The van der Waals surface area contributed by atoms with Gasteiger partial charge in [0.15, 0.2) is 33.9 Å². The Kier molecular flexibility index (Phi) is 36.7. The maximum Gasteiger partial charge on any atom is 0.192 e. The third kappa shape index (κ3) is 24.3. The molecule has 0 fully saturated rings. The van der Waals surface area contributed by atoms with Crippen molar-refractivity contribution in [2.24, 2.45) is 0 Å². The molecule has 0 aromatic rings. The molecule has 0 aromatic carbocycles. The van der Waals surface area contributed by atoms with Crippen molar-refractivity contribution in [3.05, 3.63) is 0 Å². The topological polar surface area (TPSA) is 108 Å². The highest BCUT2D eigenvalue weighted by Gasteiger charge is 2.38. The summed E-state index contributed by atoms with van der Waals surface area (Å²) in [7, 11) is -2.26. The lowest BCUT2D eigenvalue weighted by atomic mass is 9.90. The molecule has 394 valence electrons. The maximum atomic E-state index is 12.7. The molecule has 0 aromatic heterocycles. The second kappa shape index (κ2) is 36.4. The lowest BCUT2D eigenvalue weighted by Crippen LogP contribution is -2.46. The average Bonchev–Trinajstić information content (AvgIpc) is 3.25. The molecule has 0 heterocycles. The zero-order valence-electron chi connectivity index (χ0n) is 46.3. The zero-order chi connectivity index (χ0) is 50.6. The first-order valence-corrected chi connectivity index (χ1v) is 30.3. The third-order valence-corrected chi connectivity index (χ3v) is 20.7. The molecule has 0 rings (SSSR count). The van der Waals surface area contributed by atoms with E-state index in [1.807, 2.05) is 0 Å². The number of rotatable bonds is 41. The maximum absolute atomic E-state index is 12.7. The first-order chi connectivity index (χ1) is 31.1. The van der Waals surface area contributed by atoms with Crippen molar-refractivity contribution in [1.29, 1.82) is 0 Å². The van der Waals surface area contributed by atoms with Crippen molar-refractivity contribution in [2.75, 3.05) is 51.4 Å². The van der Waals surface area contributed by atoms with Gasteiger partial charge in [-0.1, -0.05) is 65.1 Å². The molecule has 12 nitrogen and oxygen atoms in total. The Balaban J connectivity index is 5.77. The Morgan fingerprint density at radius 3 is 1.21 bits per heavy atom. The van der Waals surface area contributed by atoms with E-state index in [9.17, 15) is 9.59 Å². The second-order valence-electron chi connectivity index (χ2n) is 19.7. The SMILES string of the molecule is CCC(CC)(CC)NCCC(=O)SCCOCOP(N(C(C)C)C(C)C)N(C(C)C)C(C)CCC(C)N(C(C)C)P(OCCOCSC(=O)CCNC(CC)(CC)CC)N(C(C)C)C(C)C. The van der Waals surface area contributed by atoms with Crippen LogP contribution in [0.1, 0.15) is 203 Å². The minimum absolute atomic E-state index is 0.122. The number of ether oxygens (including phenoxy) is 2. The monoisotopic (exact) mass is 1010 g/mol. The summed E-state index contributed by atoms with van der Waals surface area (Å²) < 4.78 is 36.0. The molecule has 0 aliphatic carbocycles. The predicted octanol–water partition coefficient (Wildman–Crippen LogP) is 13.1. The first kappa shape index (κ1) is 66.5. The second-order valence-corrected chi connectivity index (χ2v) is 25.2. The highest BCUT2D eigenvalue weighted by atomic mass is 32.2. The van der Waals surface area contributed by atoms with Crippen LogP contribution in [0.4, 0.5) is 0 Å². The van der Waals surface area contributed by atoms with E-state index in [0.717, 1.165) is 51.4 Å². The summed E-state index contributed by atoms with van der Waals surface area (Å²) in [6.07, 6.45) is 9.41. The molecule has 0 aliphatic rings. The molecule has 4 atom stereocenters. The fourth-order valence-corrected chi connectivity index (χ4v) is 14.9. The number of carbonyl (C=O) groups is 2. The van der Waals surface area contributed by atoms with Gasteiger partial charge >= 0.3 is 0 Å². The normalized spacial score (nSPS) is 15.1. The summed E-state index contributed by atoms with van der Waals surface area (Å²) >= 11 is 2.63. The molecule has 0 bridgehead atoms. The quantitative estimate of drug-likeness (QED) is 0.0345. The Labute approximate surface area is 419 Å². The Morgan fingerprint density at radius 1 is 0.485 bits per heavy atom. The fourth-order valence-electron chi connectivity index (χ4n) is 8.94. The van der Waals surface area contributed by atoms with E-state index in [-0.39, 0.29) is 64.4 Å². The van der Waals surface area contributed by atoms with Crippen LogP contribution in [0.15, 0.2) is 0 Å². The number of carbonyl (C=O) groups excluding carboxylic acids is 2. The van der Waals surface area contributed by atoms with Crippen LogP contribution >= 0.6 is 40.4 Å². The van der Waals surface area contributed by atoms with Crippen molar-refractivity contribution in [3.63, 3.8) is 0 Å². The molecular weight excluding hydrogens is 907 g/mol. The van der Waals surface area contributed by atoms with Crippen LogP contribution in [0.3, 0.4) is 0 Å². The predicted molar refractivity (Wildman–Crippen MR) is 291 cm³/mol. The van der Waals surface area contributed by atoms with Crippen molar-refractivity contribution in [2.45, 2.75) is 262 Å². The van der Waals surface area contributed by atoms with E-state index in [0.29, 0.717) is 69.5 Å². The molecule has 2 N–H and O–H groups in total. The molecule has 0 radical (unpaired) electrons. The first-order valence-electron chi connectivity index (χ1n) is 26.0. The van der Waals surface area contributed by atoms with Gasteiger partial charge in [-0.15, -0.1) is 0 Å². The van der Waals surface area contributed by atoms with E-state index >= 15 is 0 Å². The molecular formula is C50H106N6O6P2S2. The van der Waals surface area contributed by atoms with Gasteiger partial charge in [0.25, 0.3) is 0 Å². The van der Waals surface area contributed by atoms with Crippen molar-refractivity contribution < 1.29 is 28.1 Å². The van der Waals surface area contributed by atoms with Gasteiger partial charge in [0.1, 0.15) is 0 Å². The molecule has 0 saturated heterocycles. The van der Waals surface area contributed by atoms with Crippen molar-refractivity contribution in [1.82, 2.24) is 29.3 Å². The number of thioether (sulfide) groups is 2. The van der Waals surface area contributed by atoms with Gasteiger partial charge < -0.3 is 29.2 Å². The smallest absolute Gasteiger partial charge is 0.192 e. The third-order valence-electron chi connectivity index (χ3n) is 13.1. The Bertz CT molecular complexity index is 1130. The minimum atomic E-state index is -1.15. The van der Waals surface area contributed by atoms with Crippen LogP contribution in [-0.2, 0) is 28.1 Å². The molecule has 0 saturated carbocycles. The van der Waals surface area contributed by atoms with Gasteiger partial charge in [0, 0.05) is 91.1 Å². The Morgan fingerprint density at radius 2 is 0.848 bits per heavy atom. The summed E-state index contributed by atoms with van der Waals surface area (Å²) in [5.41, 5.74) is 0.250. The number of nitrogens with zero attached hydrogens (tertiary/aromatic N) is 4. The summed E-state index contributed by atoms with van der Waals surface area (Å²) in [6.45, 7) is 48.2. The lowest BCUT2D eigenvalue weighted by molar-refractivity contribution is -0.111. The van der Waals surface area contributed by atoms with E-state index in [1.165, 1.54) is 23.5 Å². The van der Waals surface area contributed by atoms with Crippen LogP contribution < -0.4 is 10.6 Å². The number of hydrogen-bond donors (Lipinski definition) is 2. The highest BCUT2D eigenvalue weighted by Crippen LogP contribution is 2.53. The summed E-state index contributed by atoms with van der Waals surface area (Å²) in [6, 6.07) is 2.18. The van der Waals surface area contributed by atoms with Gasteiger partial charge in [-0.25, -0.2) is 18.7 Å². The van der Waals surface area contributed by atoms with Gasteiger partial charge in [-0.2, -0.15) is 0 Å². The number of hydrogen-bond acceptors (Lipinski definition) is 14. The van der Waals surface area contributed by atoms with Crippen LogP contribution in [0.5, 0.6) is 0 Å². The molecule has 4 unspecified atom stereocenters. The van der Waals surface area contributed by atoms with Crippen LogP contribution in [-0.4, -0.2) is 140 Å². The summed E-state index contributed by atoms with van der Waals surface area (Å²) in [5.74, 6) is 0.959. The van der Waals surface area contributed by atoms with E-state index in [2.05, 4.69) is 168 Å². The van der Waals surface area contributed by atoms with Gasteiger partial charge in [0.05, 0.1) is 25.8 Å². The zero-order valence-corrected chi connectivity index (χ0v) is 49.7. The van der Waals surface area contributed by atoms with E-state index in [4.69, 9.17) is 18.5 Å². The average molecular weight is 1010 g/mol. The Hall–Kier alpha value is 0.500. The highest BCUT2D eigenvalue weighted by molar-refractivity contribution is 8.13. The fraction of sp³-hybridized carbons (Fsp3) is 0.960. The van der Waals surface area contributed by atoms with E-state index in [1.54, 1.807) is 0 Å². The van der Waals surface area contributed by atoms with Gasteiger partial charge in [-0.05, 0) is 148 Å². The van der Waals surface area contributed by atoms with Gasteiger partial charge in [-0.3, -0.25) is 9.59 Å². The van der Waals surface area contributed by atoms with Crippen LogP contribution in [0.25, 0.3) is 0 Å². The van der Waals surface area contributed by atoms with Crippen molar-refractivity contribution in [3.8, 4) is 0 Å². The van der Waals surface area contributed by atoms with Gasteiger partial charge in [0.2, 0.25) is 0 Å². The lowest BCUT2D eigenvalue weighted by Gasteiger charge is -2.48. The largest absolute Gasteiger partial charge is 0.368 e. The molecule has 0 spiro atoms. The van der Waals surface area contributed by atoms with Crippen molar-refractivity contribution >= 4 is 50.7 Å². The van der Waals surface area contributed by atoms with Crippen LogP contribution in [0, 0.1) is 0 Å². The molecule has 16 heteroatoms.